The van der Waals surface area contributed by atoms with E-state index >= 15 is 0 Å². The molecule has 1 aromatic heterocycles. The summed E-state index contributed by atoms with van der Waals surface area (Å²) in [6, 6.07) is 7.07. The van der Waals surface area contributed by atoms with Gasteiger partial charge in [-0.1, -0.05) is 23.8 Å². The molecule has 1 aliphatic heterocycles. The molecule has 0 spiro atoms. The van der Waals surface area contributed by atoms with Crippen LogP contribution in [0, 0.1) is 27.7 Å². The zero-order valence-electron chi connectivity index (χ0n) is 12.1. The summed E-state index contributed by atoms with van der Waals surface area (Å²) in [4.78, 5) is 0. The maximum absolute atomic E-state index is 4.73. The first-order valence-corrected chi connectivity index (χ1v) is 6.94. The Labute approximate surface area is 114 Å². The van der Waals surface area contributed by atoms with E-state index in [1.54, 1.807) is 0 Å². The predicted octanol–water partition coefficient (Wildman–Crippen LogP) is 3.52. The molecular formula is C16H21N3. The SMILES string of the molecule is Cc1ccc(C)c(C2CCNc3c(C)c(C)nn32)c1. The van der Waals surface area contributed by atoms with E-state index in [0.717, 1.165) is 18.7 Å². The van der Waals surface area contributed by atoms with Crippen LogP contribution in [-0.2, 0) is 0 Å². The molecule has 0 radical (unpaired) electrons. The number of aryl methyl sites for hydroxylation is 3. The maximum atomic E-state index is 4.73. The van der Waals surface area contributed by atoms with Crippen molar-refractivity contribution in [3.63, 3.8) is 0 Å². The standard InChI is InChI=1S/C16H21N3/c1-10-5-6-11(2)14(9-10)15-7-8-17-16-12(3)13(4)18-19(15)16/h5-6,9,15,17H,7-8H2,1-4H3. The summed E-state index contributed by atoms with van der Waals surface area (Å²) in [5.41, 5.74) is 6.48. The zero-order chi connectivity index (χ0) is 13.6. The summed E-state index contributed by atoms with van der Waals surface area (Å²) in [5, 5.41) is 8.22. The summed E-state index contributed by atoms with van der Waals surface area (Å²) in [6.45, 7) is 9.60. The highest BCUT2D eigenvalue weighted by Crippen LogP contribution is 2.34. The smallest absolute Gasteiger partial charge is 0.128 e. The monoisotopic (exact) mass is 255 g/mol. The van der Waals surface area contributed by atoms with Gasteiger partial charge in [-0.15, -0.1) is 0 Å². The summed E-state index contributed by atoms with van der Waals surface area (Å²) >= 11 is 0. The fourth-order valence-corrected chi connectivity index (χ4v) is 2.92. The minimum absolute atomic E-state index is 0.364. The molecule has 3 nitrogen and oxygen atoms in total. The van der Waals surface area contributed by atoms with Gasteiger partial charge in [0.1, 0.15) is 5.82 Å². The Kier molecular flexibility index (Phi) is 2.85. The number of nitrogens with zero attached hydrogens (tertiary/aromatic N) is 2. The number of hydrogen-bond donors (Lipinski definition) is 1. The predicted molar refractivity (Wildman–Crippen MR) is 78.9 cm³/mol. The molecule has 0 amide bonds. The van der Waals surface area contributed by atoms with Crippen LogP contribution in [-0.4, -0.2) is 16.3 Å². The molecule has 100 valence electrons. The lowest BCUT2D eigenvalue weighted by molar-refractivity contribution is 0.477. The van der Waals surface area contributed by atoms with Crippen molar-refractivity contribution in [2.45, 2.75) is 40.2 Å². The van der Waals surface area contributed by atoms with Gasteiger partial charge >= 0.3 is 0 Å². The van der Waals surface area contributed by atoms with Gasteiger partial charge < -0.3 is 5.32 Å². The van der Waals surface area contributed by atoms with Gasteiger partial charge in [0, 0.05) is 12.1 Å². The van der Waals surface area contributed by atoms with Crippen molar-refractivity contribution in [1.29, 1.82) is 0 Å². The number of benzene rings is 1. The summed E-state index contributed by atoms with van der Waals surface area (Å²) in [6.07, 6.45) is 1.10. The molecule has 0 saturated heterocycles. The van der Waals surface area contributed by atoms with Crippen LogP contribution in [0.25, 0.3) is 0 Å². The molecule has 3 heteroatoms. The molecule has 1 atom stereocenters. The third-order valence-electron chi connectivity index (χ3n) is 4.18. The largest absolute Gasteiger partial charge is 0.370 e. The van der Waals surface area contributed by atoms with E-state index in [9.17, 15) is 0 Å². The first kappa shape index (κ1) is 12.3. The van der Waals surface area contributed by atoms with Crippen LogP contribution in [0.1, 0.15) is 40.4 Å². The number of fused-ring (bicyclic) bond motifs is 1. The normalized spacial score (nSPS) is 18.0. The Hall–Kier alpha value is -1.77. The number of anilines is 1. The van der Waals surface area contributed by atoms with Gasteiger partial charge in [0.15, 0.2) is 0 Å². The molecular weight excluding hydrogens is 234 g/mol. The molecule has 3 rings (SSSR count). The van der Waals surface area contributed by atoms with E-state index in [1.807, 2.05) is 0 Å². The van der Waals surface area contributed by atoms with Gasteiger partial charge in [0.2, 0.25) is 0 Å². The second kappa shape index (κ2) is 4.41. The molecule has 2 heterocycles. The number of aromatic nitrogens is 2. The van der Waals surface area contributed by atoms with E-state index in [0.29, 0.717) is 6.04 Å². The Bertz CT molecular complexity index is 625. The van der Waals surface area contributed by atoms with Gasteiger partial charge in [0.25, 0.3) is 0 Å². The fraction of sp³-hybridized carbons (Fsp3) is 0.438. The lowest BCUT2D eigenvalue weighted by Crippen LogP contribution is -2.25. The average Bonchev–Trinajstić information content (AvgIpc) is 2.69. The lowest BCUT2D eigenvalue weighted by atomic mass is 9.96. The minimum atomic E-state index is 0.364. The van der Waals surface area contributed by atoms with Crippen molar-refractivity contribution in [3.8, 4) is 0 Å². The first-order chi connectivity index (χ1) is 9.08. The first-order valence-electron chi connectivity index (χ1n) is 6.94. The third kappa shape index (κ3) is 1.93. The quantitative estimate of drug-likeness (QED) is 0.845. The second-order valence-electron chi connectivity index (χ2n) is 5.59. The third-order valence-corrected chi connectivity index (χ3v) is 4.18. The molecule has 19 heavy (non-hydrogen) atoms. The maximum Gasteiger partial charge on any atom is 0.128 e. The molecule has 1 aliphatic rings. The Morgan fingerprint density at radius 1 is 1.21 bits per heavy atom. The summed E-state index contributed by atoms with van der Waals surface area (Å²) < 4.78 is 2.18. The van der Waals surface area contributed by atoms with Crippen molar-refractivity contribution in [2.24, 2.45) is 0 Å². The molecule has 1 aromatic carbocycles. The molecule has 0 fully saturated rings. The van der Waals surface area contributed by atoms with Crippen LogP contribution < -0.4 is 5.32 Å². The number of hydrogen-bond acceptors (Lipinski definition) is 2. The highest BCUT2D eigenvalue weighted by atomic mass is 15.4. The molecule has 0 bridgehead atoms. The summed E-state index contributed by atoms with van der Waals surface area (Å²) in [5.74, 6) is 1.19. The molecule has 2 aromatic rings. The van der Waals surface area contributed by atoms with E-state index in [1.165, 1.54) is 28.1 Å². The highest BCUT2D eigenvalue weighted by Gasteiger charge is 2.25. The second-order valence-corrected chi connectivity index (χ2v) is 5.59. The van der Waals surface area contributed by atoms with Crippen LogP contribution in [0.3, 0.4) is 0 Å². The number of rotatable bonds is 1. The van der Waals surface area contributed by atoms with Gasteiger partial charge in [0.05, 0.1) is 11.7 Å². The van der Waals surface area contributed by atoms with Gasteiger partial charge in [-0.05, 0) is 45.2 Å². The Morgan fingerprint density at radius 3 is 2.79 bits per heavy atom. The van der Waals surface area contributed by atoms with E-state index in [-0.39, 0.29) is 0 Å². The van der Waals surface area contributed by atoms with Gasteiger partial charge in [-0.3, -0.25) is 0 Å². The van der Waals surface area contributed by atoms with Crippen LogP contribution in [0.5, 0.6) is 0 Å². The topological polar surface area (TPSA) is 29.9 Å². The van der Waals surface area contributed by atoms with Crippen LogP contribution in [0.2, 0.25) is 0 Å². The van der Waals surface area contributed by atoms with Crippen LogP contribution in [0.4, 0.5) is 5.82 Å². The van der Waals surface area contributed by atoms with Gasteiger partial charge in [-0.25, -0.2) is 4.68 Å². The van der Waals surface area contributed by atoms with E-state index in [4.69, 9.17) is 5.10 Å². The van der Waals surface area contributed by atoms with Gasteiger partial charge in [-0.2, -0.15) is 5.10 Å². The summed E-state index contributed by atoms with van der Waals surface area (Å²) in [7, 11) is 0. The zero-order valence-corrected chi connectivity index (χ0v) is 12.1. The Morgan fingerprint density at radius 2 is 2.00 bits per heavy atom. The van der Waals surface area contributed by atoms with E-state index in [2.05, 4.69) is 55.9 Å². The van der Waals surface area contributed by atoms with Crippen molar-refractivity contribution in [1.82, 2.24) is 9.78 Å². The molecule has 0 aliphatic carbocycles. The van der Waals surface area contributed by atoms with Crippen LogP contribution in [0.15, 0.2) is 18.2 Å². The lowest BCUT2D eigenvalue weighted by Gasteiger charge is -2.28. The van der Waals surface area contributed by atoms with E-state index < -0.39 is 0 Å². The minimum Gasteiger partial charge on any atom is -0.370 e. The van der Waals surface area contributed by atoms with Crippen LogP contribution >= 0.6 is 0 Å². The Balaban J connectivity index is 2.13. The number of nitrogens with one attached hydrogen (secondary N) is 1. The van der Waals surface area contributed by atoms with Crippen molar-refractivity contribution in [3.05, 3.63) is 46.1 Å². The highest BCUT2D eigenvalue weighted by molar-refractivity contribution is 5.50. The molecule has 0 saturated carbocycles. The molecule has 1 N–H and O–H groups in total. The van der Waals surface area contributed by atoms with Crippen molar-refractivity contribution >= 4 is 5.82 Å². The molecule has 1 unspecified atom stereocenters. The van der Waals surface area contributed by atoms with Crippen molar-refractivity contribution in [2.75, 3.05) is 11.9 Å². The fourth-order valence-electron chi connectivity index (χ4n) is 2.92. The average molecular weight is 255 g/mol. The van der Waals surface area contributed by atoms with Crippen molar-refractivity contribution < 1.29 is 0 Å².